The highest BCUT2D eigenvalue weighted by molar-refractivity contribution is 5.45. The number of nitrogens with one attached hydrogen (secondary N) is 1. The van der Waals surface area contributed by atoms with Gasteiger partial charge in [0.1, 0.15) is 11.6 Å². The summed E-state index contributed by atoms with van der Waals surface area (Å²) in [6.45, 7) is 5.07. The molecular weight excluding hydrogens is 238 g/mol. The van der Waals surface area contributed by atoms with Gasteiger partial charge in [-0.15, -0.1) is 0 Å². The van der Waals surface area contributed by atoms with Crippen LogP contribution in [0.5, 0.6) is 0 Å². The van der Waals surface area contributed by atoms with Crippen LogP contribution in [0.2, 0.25) is 0 Å². The molecule has 3 N–H and O–H groups in total. The van der Waals surface area contributed by atoms with Crippen LogP contribution in [0.4, 0.5) is 5.82 Å². The molecule has 2 aromatic heterocycles. The lowest BCUT2D eigenvalue weighted by atomic mass is 10.1. The van der Waals surface area contributed by atoms with Crippen LogP contribution in [0.1, 0.15) is 36.3 Å². The summed E-state index contributed by atoms with van der Waals surface area (Å²) in [6.07, 6.45) is 6.58. The molecule has 2 heterocycles. The molecule has 0 saturated heterocycles. The van der Waals surface area contributed by atoms with Crippen molar-refractivity contribution >= 4 is 5.82 Å². The van der Waals surface area contributed by atoms with E-state index < -0.39 is 0 Å². The summed E-state index contributed by atoms with van der Waals surface area (Å²) in [7, 11) is 1.99. The first-order valence-corrected chi connectivity index (χ1v) is 6.56. The fraction of sp³-hybridized carbons (Fsp3) is 0.429. The smallest absolute Gasteiger partial charge is 0.130 e. The number of hydrogen-bond acceptors (Lipinski definition) is 4. The number of hydrogen-bond donors (Lipinski definition) is 2. The maximum absolute atomic E-state index is 6.03. The van der Waals surface area contributed by atoms with Crippen molar-refractivity contribution in [2.45, 2.75) is 26.3 Å². The minimum Gasteiger partial charge on any atom is -0.383 e. The summed E-state index contributed by atoms with van der Waals surface area (Å²) in [5.74, 6) is 1.51. The molecule has 0 aliphatic rings. The Kier molecular flexibility index (Phi) is 4.16. The van der Waals surface area contributed by atoms with Crippen LogP contribution >= 0.6 is 0 Å². The number of nitrogens with zero attached hydrogens (tertiary/aromatic N) is 3. The average molecular weight is 259 g/mol. The Morgan fingerprint density at radius 2 is 2.21 bits per heavy atom. The SMILES string of the molecule is CCCNC(c1cc(C)cnc1N)c1nccn1C. The molecule has 0 spiro atoms. The Labute approximate surface area is 113 Å². The number of aryl methyl sites for hydroxylation is 2. The first-order valence-electron chi connectivity index (χ1n) is 6.56. The van der Waals surface area contributed by atoms with Gasteiger partial charge in [0.05, 0.1) is 6.04 Å². The Morgan fingerprint density at radius 3 is 2.84 bits per heavy atom. The molecule has 0 aliphatic heterocycles. The van der Waals surface area contributed by atoms with Gasteiger partial charge in [-0.1, -0.05) is 6.92 Å². The van der Waals surface area contributed by atoms with Gasteiger partial charge in [0.25, 0.3) is 0 Å². The van der Waals surface area contributed by atoms with E-state index >= 15 is 0 Å². The van der Waals surface area contributed by atoms with Crippen LogP contribution < -0.4 is 11.1 Å². The summed E-state index contributed by atoms with van der Waals surface area (Å²) in [5, 5.41) is 3.49. The zero-order chi connectivity index (χ0) is 13.8. The van der Waals surface area contributed by atoms with Gasteiger partial charge < -0.3 is 15.6 Å². The molecular formula is C14H21N5. The van der Waals surface area contributed by atoms with Crippen molar-refractivity contribution in [2.75, 3.05) is 12.3 Å². The monoisotopic (exact) mass is 259 g/mol. The van der Waals surface area contributed by atoms with E-state index in [0.717, 1.165) is 29.9 Å². The fourth-order valence-corrected chi connectivity index (χ4v) is 2.12. The number of nitrogen functional groups attached to an aromatic ring is 1. The first-order chi connectivity index (χ1) is 9.13. The molecule has 5 heteroatoms. The van der Waals surface area contributed by atoms with Crippen LogP contribution in [0.25, 0.3) is 0 Å². The summed E-state index contributed by atoms with van der Waals surface area (Å²) in [6, 6.07) is 2.05. The van der Waals surface area contributed by atoms with E-state index in [2.05, 4.69) is 28.3 Å². The Hall–Kier alpha value is -1.88. The molecule has 2 rings (SSSR count). The molecule has 0 radical (unpaired) electrons. The molecule has 0 amide bonds. The molecule has 1 atom stereocenters. The molecule has 5 nitrogen and oxygen atoms in total. The lowest BCUT2D eigenvalue weighted by Crippen LogP contribution is -2.27. The van der Waals surface area contributed by atoms with Crippen LogP contribution in [0, 0.1) is 6.92 Å². The number of rotatable bonds is 5. The van der Waals surface area contributed by atoms with Gasteiger partial charge in [0, 0.05) is 31.2 Å². The van der Waals surface area contributed by atoms with Gasteiger partial charge in [0.15, 0.2) is 0 Å². The van der Waals surface area contributed by atoms with Crippen molar-refractivity contribution in [1.29, 1.82) is 0 Å². The zero-order valence-corrected chi connectivity index (χ0v) is 11.7. The number of imidazole rings is 1. The van der Waals surface area contributed by atoms with Crippen LogP contribution in [-0.4, -0.2) is 21.1 Å². The van der Waals surface area contributed by atoms with Gasteiger partial charge in [-0.3, -0.25) is 0 Å². The average Bonchev–Trinajstić information content (AvgIpc) is 2.80. The molecule has 1 unspecified atom stereocenters. The van der Waals surface area contributed by atoms with E-state index in [1.807, 2.05) is 24.7 Å². The van der Waals surface area contributed by atoms with Crippen molar-refractivity contribution in [3.8, 4) is 0 Å². The van der Waals surface area contributed by atoms with E-state index in [-0.39, 0.29) is 6.04 Å². The van der Waals surface area contributed by atoms with Gasteiger partial charge in [-0.05, 0) is 31.5 Å². The molecule has 19 heavy (non-hydrogen) atoms. The second kappa shape index (κ2) is 5.84. The van der Waals surface area contributed by atoms with Crippen molar-refractivity contribution in [3.63, 3.8) is 0 Å². The fourth-order valence-electron chi connectivity index (χ4n) is 2.12. The Morgan fingerprint density at radius 1 is 1.42 bits per heavy atom. The minimum absolute atomic E-state index is 0.0210. The van der Waals surface area contributed by atoms with E-state index in [4.69, 9.17) is 5.73 Å². The summed E-state index contributed by atoms with van der Waals surface area (Å²) in [4.78, 5) is 8.68. The zero-order valence-electron chi connectivity index (χ0n) is 11.7. The van der Waals surface area contributed by atoms with Crippen molar-refractivity contribution in [3.05, 3.63) is 41.6 Å². The summed E-state index contributed by atoms with van der Waals surface area (Å²) < 4.78 is 2.01. The first kappa shape index (κ1) is 13.5. The third kappa shape index (κ3) is 2.93. The highest BCUT2D eigenvalue weighted by Gasteiger charge is 2.20. The predicted octanol–water partition coefficient (Wildman–Crippen LogP) is 1.79. The normalized spacial score (nSPS) is 12.6. The second-order valence-corrected chi connectivity index (χ2v) is 4.77. The molecule has 0 aromatic carbocycles. The number of pyridine rings is 1. The van der Waals surface area contributed by atoms with E-state index in [0.29, 0.717) is 5.82 Å². The van der Waals surface area contributed by atoms with Gasteiger partial charge in [0.2, 0.25) is 0 Å². The van der Waals surface area contributed by atoms with E-state index in [1.54, 1.807) is 12.4 Å². The number of nitrogens with two attached hydrogens (primary N) is 1. The quantitative estimate of drug-likeness (QED) is 0.859. The molecule has 0 bridgehead atoms. The van der Waals surface area contributed by atoms with Crippen LogP contribution in [0.15, 0.2) is 24.7 Å². The van der Waals surface area contributed by atoms with Gasteiger partial charge in [-0.25, -0.2) is 9.97 Å². The highest BCUT2D eigenvalue weighted by atomic mass is 15.1. The molecule has 0 saturated carbocycles. The largest absolute Gasteiger partial charge is 0.383 e. The van der Waals surface area contributed by atoms with Crippen LogP contribution in [-0.2, 0) is 7.05 Å². The molecule has 2 aromatic rings. The Balaban J connectivity index is 2.42. The minimum atomic E-state index is -0.0210. The Bertz CT molecular complexity index is 547. The number of aromatic nitrogens is 3. The van der Waals surface area contributed by atoms with Crippen molar-refractivity contribution in [1.82, 2.24) is 19.9 Å². The standard InChI is InChI=1S/C14H21N5/c1-4-5-16-12(14-17-6-7-19(14)3)11-8-10(2)9-18-13(11)15/h6-9,12,16H,4-5H2,1-3H3,(H2,15,18). The van der Waals surface area contributed by atoms with Gasteiger partial charge >= 0.3 is 0 Å². The number of anilines is 1. The predicted molar refractivity (Wildman–Crippen MR) is 76.7 cm³/mol. The third-order valence-electron chi connectivity index (χ3n) is 3.11. The second-order valence-electron chi connectivity index (χ2n) is 4.77. The van der Waals surface area contributed by atoms with E-state index in [1.165, 1.54) is 0 Å². The highest BCUT2D eigenvalue weighted by Crippen LogP contribution is 2.25. The van der Waals surface area contributed by atoms with Crippen LogP contribution in [0.3, 0.4) is 0 Å². The van der Waals surface area contributed by atoms with Gasteiger partial charge in [-0.2, -0.15) is 0 Å². The molecule has 102 valence electrons. The van der Waals surface area contributed by atoms with Crippen molar-refractivity contribution in [2.24, 2.45) is 7.05 Å². The third-order valence-corrected chi connectivity index (χ3v) is 3.11. The lowest BCUT2D eigenvalue weighted by molar-refractivity contribution is 0.555. The topological polar surface area (TPSA) is 68.8 Å². The van der Waals surface area contributed by atoms with E-state index in [9.17, 15) is 0 Å². The molecule has 0 aliphatic carbocycles. The maximum Gasteiger partial charge on any atom is 0.130 e. The van der Waals surface area contributed by atoms with Crippen molar-refractivity contribution < 1.29 is 0 Å². The molecule has 0 fully saturated rings. The summed E-state index contributed by atoms with van der Waals surface area (Å²) >= 11 is 0. The summed E-state index contributed by atoms with van der Waals surface area (Å²) in [5.41, 5.74) is 8.12. The lowest BCUT2D eigenvalue weighted by Gasteiger charge is -2.20. The maximum atomic E-state index is 6.03.